The van der Waals surface area contributed by atoms with Gasteiger partial charge in [0.15, 0.2) is 0 Å². The molecular weight excluding hydrogens is 395 g/mol. The van der Waals surface area contributed by atoms with E-state index in [1.54, 1.807) is 0 Å². The second-order valence-electron chi connectivity index (χ2n) is 6.34. The molecule has 1 aromatic carbocycles. The molecule has 2 N–H and O–H groups in total. The van der Waals surface area contributed by atoms with E-state index in [9.17, 15) is 27.5 Å². The number of halogens is 1. The maximum absolute atomic E-state index is 13.0. The van der Waals surface area contributed by atoms with Crippen molar-refractivity contribution in [2.75, 3.05) is 25.1 Å². The average molecular weight is 419 g/mol. The van der Waals surface area contributed by atoms with Crippen molar-refractivity contribution in [3.05, 3.63) is 30.1 Å². The van der Waals surface area contributed by atoms with Gasteiger partial charge in [-0.1, -0.05) is 0 Å². The molecule has 0 bridgehead atoms. The van der Waals surface area contributed by atoms with Crippen molar-refractivity contribution in [2.45, 2.75) is 30.2 Å². The van der Waals surface area contributed by atoms with Gasteiger partial charge >= 0.3 is 5.97 Å². The van der Waals surface area contributed by atoms with Gasteiger partial charge in [0.05, 0.1) is 10.8 Å². The summed E-state index contributed by atoms with van der Waals surface area (Å²) in [5.74, 6) is -2.13. The number of carboxylic acids is 1. The van der Waals surface area contributed by atoms with Crippen LogP contribution in [0.25, 0.3) is 0 Å². The van der Waals surface area contributed by atoms with Crippen molar-refractivity contribution in [2.24, 2.45) is 5.92 Å². The summed E-state index contributed by atoms with van der Waals surface area (Å²) in [6.07, 6.45) is 3.11. The van der Waals surface area contributed by atoms with E-state index < -0.39 is 39.7 Å². The quantitative estimate of drug-likeness (QED) is 0.664. The number of benzene rings is 1. The molecule has 0 spiro atoms. The number of nitrogens with one attached hydrogen (secondary N) is 1. The predicted octanol–water partition coefficient (Wildman–Crippen LogP) is 1.55. The molecule has 150 valence electrons. The van der Waals surface area contributed by atoms with Crippen LogP contribution in [0, 0.1) is 11.7 Å². The fourth-order valence-corrected chi connectivity index (χ4v) is 4.91. The zero-order valence-electron chi connectivity index (χ0n) is 14.9. The second kappa shape index (κ2) is 9.52. The SMILES string of the molecule is CSCC[C@@H](NC(=O)C1CCCN(S(=O)(=O)c2ccc(F)cc2)C1)C(=O)O. The number of nitrogens with zero attached hydrogens (tertiary/aromatic N) is 1. The number of sulfonamides is 1. The monoisotopic (exact) mass is 418 g/mol. The van der Waals surface area contributed by atoms with Gasteiger partial charge < -0.3 is 10.4 Å². The molecule has 2 rings (SSSR count). The first-order chi connectivity index (χ1) is 12.8. The summed E-state index contributed by atoms with van der Waals surface area (Å²) in [4.78, 5) is 23.7. The van der Waals surface area contributed by atoms with Gasteiger partial charge in [-0.15, -0.1) is 0 Å². The Kier molecular flexibility index (Phi) is 7.63. The van der Waals surface area contributed by atoms with Gasteiger partial charge in [0.25, 0.3) is 0 Å². The fraction of sp³-hybridized carbons (Fsp3) is 0.529. The van der Waals surface area contributed by atoms with Crippen LogP contribution in [0.1, 0.15) is 19.3 Å². The van der Waals surface area contributed by atoms with E-state index in [0.717, 1.165) is 12.1 Å². The Hall–Kier alpha value is -1.65. The number of thioether (sulfide) groups is 1. The molecule has 0 radical (unpaired) electrons. The van der Waals surface area contributed by atoms with Gasteiger partial charge in [0.1, 0.15) is 11.9 Å². The van der Waals surface area contributed by atoms with Gasteiger partial charge in [-0.2, -0.15) is 16.1 Å². The lowest BCUT2D eigenvalue weighted by Crippen LogP contribution is -2.49. The minimum Gasteiger partial charge on any atom is -0.480 e. The van der Waals surface area contributed by atoms with Crippen LogP contribution < -0.4 is 5.32 Å². The molecule has 1 aliphatic rings. The molecule has 7 nitrogen and oxygen atoms in total. The lowest BCUT2D eigenvalue weighted by Gasteiger charge is -2.31. The van der Waals surface area contributed by atoms with Crippen LogP contribution in [0.3, 0.4) is 0 Å². The van der Waals surface area contributed by atoms with Gasteiger partial charge in [-0.25, -0.2) is 17.6 Å². The third-order valence-corrected chi connectivity index (χ3v) is 6.95. The lowest BCUT2D eigenvalue weighted by atomic mass is 9.98. The molecule has 0 aromatic heterocycles. The van der Waals surface area contributed by atoms with Crippen molar-refractivity contribution in [1.29, 1.82) is 0 Å². The maximum atomic E-state index is 13.0. The predicted molar refractivity (Wildman–Crippen MR) is 100 cm³/mol. The van der Waals surface area contributed by atoms with E-state index in [2.05, 4.69) is 5.32 Å². The Labute approximate surface area is 162 Å². The molecule has 1 amide bonds. The van der Waals surface area contributed by atoms with E-state index in [1.165, 1.54) is 28.2 Å². The van der Waals surface area contributed by atoms with Crippen molar-refractivity contribution in [3.8, 4) is 0 Å². The summed E-state index contributed by atoms with van der Waals surface area (Å²) in [6.45, 7) is 0.235. The summed E-state index contributed by atoms with van der Waals surface area (Å²) in [7, 11) is -3.84. The summed E-state index contributed by atoms with van der Waals surface area (Å²) >= 11 is 1.48. The normalized spacial score (nSPS) is 19.4. The number of carbonyl (C=O) groups excluding carboxylic acids is 1. The number of piperidine rings is 1. The Morgan fingerprint density at radius 3 is 2.63 bits per heavy atom. The molecule has 1 unspecified atom stereocenters. The highest BCUT2D eigenvalue weighted by Crippen LogP contribution is 2.24. The molecule has 1 aliphatic heterocycles. The van der Waals surface area contributed by atoms with Crippen molar-refractivity contribution < 1.29 is 27.5 Å². The summed E-state index contributed by atoms with van der Waals surface area (Å²) in [6, 6.07) is 3.54. The van der Waals surface area contributed by atoms with Gasteiger partial charge in [0.2, 0.25) is 15.9 Å². The van der Waals surface area contributed by atoms with Gasteiger partial charge in [-0.05, 0) is 55.5 Å². The molecule has 0 aliphatic carbocycles. The van der Waals surface area contributed by atoms with E-state index in [1.807, 2.05) is 6.26 Å². The lowest BCUT2D eigenvalue weighted by molar-refractivity contribution is -0.142. The summed E-state index contributed by atoms with van der Waals surface area (Å²) in [5.41, 5.74) is 0. The number of carboxylic acid groups (broad SMARTS) is 1. The van der Waals surface area contributed by atoms with E-state index in [0.29, 0.717) is 25.0 Å². The zero-order valence-corrected chi connectivity index (χ0v) is 16.6. The Morgan fingerprint density at radius 1 is 1.37 bits per heavy atom. The number of hydrogen-bond acceptors (Lipinski definition) is 5. The van der Waals surface area contributed by atoms with Gasteiger partial charge in [-0.3, -0.25) is 4.79 Å². The first-order valence-electron chi connectivity index (χ1n) is 8.53. The third kappa shape index (κ3) is 5.66. The van der Waals surface area contributed by atoms with Gasteiger partial charge in [0, 0.05) is 13.1 Å². The van der Waals surface area contributed by atoms with Crippen LogP contribution >= 0.6 is 11.8 Å². The number of carbonyl (C=O) groups is 2. The van der Waals surface area contributed by atoms with E-state index in [-0.39, 0.29) is 18.0 Å². The highest BCUT2D eigenvalue weighted by Gasteiger charge is 2.34. The first kappa shape index (κ1) is 21.6. The van der Waals surface area contributed by atoms with Crippen LogP contribution in [0.2, 0.25) is 0 Å². The first-order valence-corrected chi connectivity index (χ1v) is 11.4. The Bertz CT molecular complexity index is 770. The zero-order chi connectivity index (χ0) is 20.0. The summed E-state index contributed by atoms with van der Waals surface area (Å²) < 4.78 is 39.7. The third-order valence-electron chi connectivity index (χ3n) is 4.43. The second-order valence-corrected chi connectivity index (χ2v) is 9.26. The van der Waals surface area contributed by atoms with Crippen LogP contribution in [0.15, 0.2) is 29.2 Å². The number of hydrogen-bond donors (Lipinski definition) is 2. The topological polar surface area (TPSA) is 104 Å². The molecule has 1 heterocycles. The minimum absolute atomic E-state index is 0.0274. The van der Waals surface area contributed by atoms with Crippen LogP contribution in [-0.4, -0.2) is 60.8 Å². The standard InChI is InChI=1S/C17H23FN2O5S2/c1-26-10-8-15(17(22)23)19-16(21)12-3-2-9-20(11-12)27(24,25)14-6-4-13(18)5-7-14/h4-7,12,15H,2-3,8-11H2,1H3,(H,19,21)(H,22,23)/t12?,15-/m1/s1. The average Bonchev–Trinajstić information content (AvgIpc) is 2.65. The Morgan fingerprint density at radius 2 is 2.04 bits per heavy atom. The number of aliphatic carboxylic acids is 1. The van der Waals surface area contributed by atoms with Crippen LogP contribution in [0.4, 0.5) is 4.39 Å². The largest absolute Gasteiger partial charge is 0.480 e. The van der Waals surface area contributed by atoms with E-state index >= 15 is 0 Å². The molecule has 1 saturated heterocycles. The molecule has 0 saturated carbocycles. The van der Waals surface area contributed by atoms with Crippen molar-refractivity contribution >= 4 is 33.7 Å². The van der Waals surface area contributed by atoms with Crippen molar-refractivity contribution in [3.63, 3.8) is 0 Å². The molecule has 1 aromatic rings. The smallest absolute Gasteiger partial charge is 0.326 e. The Balaban J connectivity index is 2.07. The number of amides is 1. The molecular formula is C17H23FN2O5S2. The minimum atomic E-state index is -3.84. The molecule has 2 atom stereocenters. The maximum Gasteiger partial charge on any atom is 0.326 e. The van der Waals surface area contributed by atoms with Crippen LogP contribution in [0.5, 0.6) is 0 Å². The molecule has 27 heavy (non-hydrogen) atoms. The van der Waals surface area contributed by atoms with E-state index in [4.69, 9.17) is 0 Å². The number of rotatable bonds is 8. The molecule has 10 heteroatoms. The highest BCUT2D eigenvalue weighted by molar-refractivity contribution is 7.98. The molecule has 1 fully saturated rings. The highest BCUT2D eigenvalue weighted by atomic mass is 32.2. The van der Waals surface area contributed by atoms with Crippen molar-refractivity contribution in [1.82, 2.24) is 9.62 Å². The fourth-order valence-electron chi connectivity index (χ4n) is 2.91. The summed E-state index contributed by atoms with van der Waals surface area (Å²) in [5, 5.41) is 11.8. The van der Waals surface area contributed by atoms with Crippen LogP contribution in [-0.2, 0) is 19.6 Å².